The highest BCUT2D eigenvalue weighted by atomic mass is 35.5. The molecule has 0 aromatic heterocycles. The smallest absolute Gasteiger partial charge is 0.228 e. The molecule has 2 aliphatic rings. The molecule has 0 N–H and O–H groups in total. The zero-order chi connectivity index (χ0) is 13.2. The molecular formula is C15H19ClN2O. The second-order valence-electron chi connectivity index (χ2n) is 5.55. The summed E-state index contributed by atoms with van der Waals surface area (Å²) in [5, 5.41) is 0.773. The second kappa shape index (κ2) is 5.51. The van der Waals surface area contributed by atoms with Crippen LogP contribution in [0, 0.1) is 5.92 Å². The Bertz CT molecular complexity index is 448. The maximum atomic E-state index is 12.2. The van der Waals surface area contributed by atoms with E-state index in [0.29, 0.717) is 5.91 Å². The summed E-state index contributed by atoms with van der Waals surface area (Å²) in [7, 11) is 0. The molecular weight excluding hydrogens is 260 g/mol. The van der Waals surface area contributed by atoms with Crippen LogP contribution in [-0.2, 0) is 11.3 Å². The van der Waals surface area contributed by atoms with Crippen molar-refractivity contribution in [3.05, 3.63) is 34.9 Å². The molecule has 1 aromatic carbocycles. The SMILES string of the molecule is O=C(C1CN(Cc2ccc(Cl)cc2)C1)N1CCCC1. The summed E-state index contributed by atoms with van der Waals surface area (Å²) in [5.41, 5.74) is 1.26. The number of nitrogens with zero attached hydrogens (tertiary/aromatic N) is 2. The lowest BCUT2D eigenvalue weighted by Crippen LogP contribution is -2.53. The van der Waals surface area contributed by atoms with Crippen LogP contribution < -0.4 is 0 Å². The van der Waals surface area contributed by atoms with Crippen molar-refractivity contribution in [3.63, 3.8) is 0 Å². The maximum Gasteiger partial charge on any atom is 0.228 e. The molecule has 0 unspecified atom stereocenters. The van der Waals surface area contributed by atoms with Crippen molar-refractivity contribution in [1.82, 2.24) is 9.80 Å². The van der Waals surface area contributed by atoms with E-state index in [0.717, 1.165) is 37.7 Å². The van der Waals surface area contributed by atoms with Gasteiger partial charge in [0.1, 0.15) is 0 Å². The number of carbonyl (C=O) groups excluding carboxylic acids is 1. The van der Waals surface area contributed by atoms with Gasteiger partial charge in [-0.2, -0.15) is 0 Å². The third-order valence-electron chi connectivity index (χ3n) is 4.04. The highest BCUT2D eigenvalue weighted by molar-refractivity contribution is 6.30. The number of hydrogen-bond acceptors (Lipinski definition) is 2. The average Bonchev–Trinajstić information content (AvgIpc) is 2.88. The number of carbonyl (C=O) groups is 1. The third-order valence-corrected chi connectivity index (χ3v) is 4.30. The lowest BCUT2D eigenvalue weighted by atomic mass is 9.97. The quantitative estimate of drug-likeness (QED) is 0.848. The van der Waals surface area contributed by atoms with Crippen LogP contribution in [0.1, 0.15) is 18.4 Å². The van der Waals surface area contributed by atoms with Gasteiger partial charge in [0.15, 0.2) is 0 Å². The summed E-state index contributed by atoms with van der Waals surface area (Å²) < 4.78 is 0. The minimum absolute atomic E-state index is 0.227. The number of benzene rings is 1. The van der Waals surface area contributed by atoms with Crippen molar-refractivity contribution in [2.45, 2.75) is 19.4 Å². The van der Waals surface area contributed by atoms with Crippen molar-refractivity contribution >= 4 is 17.5 Å². The van der Waals surface area contributed by atoms with Crippen molar-refractivity contribution in [3.8, 4) is 0 Å². The Morgan fingerprint density at radius 1 is 1.16 bits per heavy atom. The van der Waals surface area contributed by atoms with Crippen LogP contribution in [0.2, 0.25) is 5.02 Å². The lowest BCUT2D eigenvalue weighted by molar-refractivity contribution is -0.140. The Labute approximate surface area is 119 Å². The van der Waals surface area contributed by atoms with E-state index in [9.17, 15) is 4.79 Å². The largest absolute Gasteiger partial charge is 0.342 e. The molecule has 2 fully saturated rings. The molecule has 0 radical (unpaired) electrons. The molecule has 19 heavy (non-hydrogen) atoms. The fourth-order valence-corrected chi connectivity index (χ4v) is 3.02. The maximum absolute atomic E-state index is 12.2. The first-order valence-corrected chi connectivity index (χ1v) is 7.36. The first-order chi connectivity index (χ1) is 9.22. The number of halogens is 1. The minimum Gasteiger partial charge on any atom is -0.342 e. The van der Waals surface area contributed by atoms with Gasteiger partial charge in [-0.1, -0.05) is 23.7 Å². The summed E-state index contributed by atoms with van der Waals surface area (Å²) >= 11 is 5.87. The Hall–Kier alpha value is -1.06. The highest BCUT2D eigenvalue weighted by Crippen LogP contribution is 2.23. The first-order valence-electron chi connectivity index (χ1n) is 6.98. The van der Waals surface area contributed by atoms with E-state index in [-0.39, 0.29) is 5.92 Å². The van der Waals surface area contributed by atoms with Crippen molar-refractivity contribution < 1.29 is 4.79 Å². The number of amides is 1. The van der Waals surface area contributed by atoms with Gasteiger partial charge in [-0.15, -0.1) is 0 Å². The third kappa shape index (κ3) is 2.93. The number of hydrogen-bond donors (Lipinski definition) is 0. The molecule has 3 rings (SSSR count). The van der Waals surface area contributed by atoms with Crippen LogP contribution in [-0.4, -0.2) is 41.9 Å². The van der Waals surface area contributed by atoms with E-state index in [1.165, 1.54) is 18.4 Å². The van der Waals surface area contributed by atoms with Crippen LogP contribution in [0.3, 0.4) is 0 Å². The van der Waals surface area contributed by atoms with E-state index in [4.69, 9.17) is 11.6 Å². The predicted octanol–water partition coefficient (Wildman–Crippen LogP) is 2.39. The molecule has 0 aliphatic carbocycles. The van der Waals surface area contributed by atoms with Crippen LogP contribution in [0.5, 0.6) is 0 Å². The summed E-state index contributed by atoms with van der Waals surface area (Å²) in [5.74, 6) is 0.593. The summed E-state index contributed by atoms with van der Waals surface area (Å²) in [6.45, 7) is 4.65. The summed E-state index contributed by atoms with van der Waals surface area (Å²) in [6, 6.07) is 7.95. The van der Waals surface area contributed by atoms with Gasteiger partial charge in [0, 0.05) is 37.7 Å². The molecule has 1 amide bonds. The molecule has 0 bridgehead atoms. The van der Waals surface area contributed by atoms with Crippen molar-refractivity contribution in [1.29, 1.82) is 0 Å². The Balaban J connectivity index is 1.47. The van der Waals surface area contributed by atoms with Gasteiger partial charge in [-0.05, 0) is 30.5 Å². The van der Waals surface area contributed by atoms with Gasteiger partial charge in [0.2, 0.25) is 5.91 Å². The fraction of sp³-hybridized carbons (Fsp3) is 0.533. The Kier molecular flexibility index (Phi) is 3.76. The number of likely N-dealkylation sites (tertiary alicyclic amines) is 2. The van der Waals surface area contributed by atoms with Crippen LogP contribution in [0.4, 0.5) is 0 Å². The zero-order valence-electron chi connectivity index (χ0n) is 11.0. The fourth-order valence-electron chi connectivity index (χ4n) is 2.90. The summed E-state index contributed by atoms with van der Waals surface area (Å²) in [6.07, 6.45) is 2.35. The van der Waals surface area contributed by atoms with E-state index in [1.54, 1.807) is 0 Å². The van der Waals surface area contributed by atoms with E-state index in [2.05, 4.69) is 17.0 Å². The molecule has 0 saturated carbocycles. The molecule has 2 heterocycles. The molecule has 3 nitrogen and oxygen atoms in total. The van der Waals surface area contributed by atoms with Gasteiger partial charge < -0.3 is 4.90 Å². The topological polar surface area (TPSA) is 23.6 Å². The van der Waals surface area contributed by atoms with Gasteiger partial charge in [0.05, 0.1) is 5.92 Å². The Morgan fingerprint density at radius 2 is 1.79 bits per heavy atom. The van der Waals surface area contributed by atoms with E-state index >= 15 is 0 Å². The van der Waals surface area contributed by atoms with Gasteiger partial charge in [-0.25, -0.2) is 0 Å². The Morgan fingerprint density at radius 3 is 2.42 bits per heavy atom. The monoisotopic (exact) mass is 278 g/mol. The average molecular weight is 279 g/mol. The molecule has 102 valence electrons. The molecule has 2 saturated heterocycles. The van der Waals surface area contributed by atoms with Crippen LogP contribution in [0.25, 0.3) is 0 Å². The van der Waals surface area contributed by atoms with Crippen LogP contribution in [0.15, 0.2) is 24.3 Å². The van der Waals surface area contributed by atoms with Gasteiger partial charge >= 0.3 is 0 Å². The van der Waals surface area contributed by atoms with Gasteiger partial charge in [-0.3, -0.25) is 9.69 Å². The highest BCUT2D eigenvalue weighted by Gasteiger charge is 2.35. The zero-order valence-corrected chi connectivity index (χ0v) is 11.8. The lowest BCUT2D eigenvalue weighted by Gasteiger charge is -2.40. The standard InChI is InChI=1S/C15H19ClN2O/c16-14-5-3-12(4-6-14)9-17-10-13(11-17)15(19)18-7-1-2-8-18/h3-6,13H,1-2,7-11H2. The predicted molar refractivity (Wildman–Crippen MR) is 76.0 cm³/mol. The normalized spacial score (nSPS) is 20.6. The molecule has 1 aromatic rings. The first kappa shape index (κ1) is 12.9. The summed E-state index contributed by atoms with van der Waals surface area (Å²) in [4.78, 5) is 16.5. The number of rotatable bonds is 3. The van der Waals surface area contributed by atoms with Crippen molar-refractivity contribution in [2.24, 2.45) is 5.92 Å². The second-order valence-corrected chi connectivity index (χ2v) is 5.99. The molecule has 2 aliphatic heterocycles. The van der Waals surface area contributed by atoms with E-state index in [1.807, 2.05) is 17.0 Å². The molecule has 4 heteroatoms. The molecule has 0 spiro atoms. The van der Waals surface area contributed by atoms with Gasteiger partial charge in [0.25, 0.3) is 0 Å². The van der Waals surface area contributed by atoms with Crippen molar-refractivity contribution in [2.75, 3.05) is 26.2 Å². The minimum atomic E-state index is 0.227. The molecule has 0 atom stereocenters. The van der Waals surface area contributed by atoms with E-state index < -0.39 is 0 Å². The van der Waals surface area contributed by atoms with Crippen LogP contribution >= 0.6 is 11.6 Å².